The molecule has 2 rings (SSSR count). The largest absolute Gasteiger partial charge is 0.319 e. The van der Waals surface area contributed by atoms with Gasteiger partial charge < -0.3 is 5.73 Å². The highest BCUT2D eigenvalue weighted by atomic mass is 15.4. The number of nitrogens with zero attached hydrogens (tertiary/aromatic N) is 4. The van der Waals surface area contributed by atoms with Crippen LogP contribution in [0.4, 0.5) is 0 Å². The van der Waals surface area contributed by atoms with Gasteiger partial charge in [0.1, 0.15) is 0 Å². The van der Waals surface area contributed by atoms with E-state index in [-0.39, 0.29) is 6.04 Å². The smallest absolute Gasteiger partial charge is 0.0797 e. The second-order valence-electron chi connectivity index (χ2n) is 3.49. The van der Waals surface area contributed by atoms with E-state index in [9.17, 15) is 0 Å². The van der Waals surface area contributed by atoms with Crippen molar-refractivity contribution in [3.63, 3.8) is 0 Å². The maximum absolute atomic E-state index is 6.07. The molecule has 0 fully saturated rings. The summed E-state index contributed by atoms with van der Waals surface area (Å²) in [6.45, 7) is 1.95. The average Bonchev–Trinajstić information content (AvgIpc) is 2.65. The van der Waals surface area contributed by atoms with Gasteiger partial charge in [0.2, 0.25) is 0 Å². The molecule has 2 heterocycles. The second kappa shape index (κ2) is 3.78. The molecule has 0 amide bonds. The first-order valence-electron chi connectivity index (χ1n) is 4.71. The third-order valence-corrected chi connectivity index (χ3v) is 2.36. The molecule has 0 bridgehead atoms. The van der Waals surface area contributed by atoms with E-state index in [1.54, 1.807) is 17.1 Å². The molecule has 0 aromatic carbocycles. The van der Waals surface area contributed by atoms with Crippen LogP contribution in [0.25, 0.3) is 0 Å². The van der Waals surface area contributed by atoms with Gasteiger partial charge in [0.25, 0.3) is 0 Å². The van der Waals surface area contributed by atoms with E-state index in [0.717, 1.165) is 17.0 Å². The molecule has 5 heteroatoms. The maximum Gasteiger partial charge on any atom is 0.0797 e. The number of rotatable bonds is 2. The number of pyridine rings is 1. The van der Waals surface area contributed by atoms with E-state index < -0.39 is 0 Å². The highest BCUT2D eigenvalue weighted by molar-refractivity contribution is 5.24. The average molecular weight is 203 g/mol. The SMILES string of the molecule is Cc1ccc(C(N)c2cnnn2C)cn1. The van der Waals surface area contributed by atoms with Gasteiger partial charge in [0.15, 0.2) is 0 Å². The Bertz CT molecular complexity index is 445. The Labute approximate surface area is 87.9 Å². The van der Waals surface area contributed by atoms with E-state index >= 15 is 0 Å². The molecule has 0 aliphatic heterocycles. The number of hydrogen-bond donors (Lipinski definition) is 1. The van der Waals surface area contributed by atoms with Crippen LogP contribution < -0.4 is 5.73 Å². The minimum absolute atomic E-state index is 0.224. The Morgan fingerprint density at radius 1 is 1.33 bits per heavy atom. The van der Waals surface area contributed by atoms with Gasteiger partial charge in [-0.3, -0.25) is 9.67 Å². The van der Waals surface area contributed by atoms with Crippen molar-refractivity contribution in [3.05, 3.63) is 41.5 Å². The third kappa shape index (κ3) is 1.87. The molecule has 0 aliphatic rings. The lowest BCUT2D eigenvalue weighted by Crippen LogP contribution is -2.16. The Kier molecular flexibility index (Phi) is 2.47. The molecule has 15 heavy (non-hydrogen) atoms. The van der Waals surface area contributed by atoms with Crippen molar-refractivity contribution in [1.82, 2.24) is 20.0 Å². The van der Waals surface area contributed by atoms with E-state index in [2.05, 4.69) is 15.3 Å². The van der Waals surface area contributed by atoms with Gasteiger partial charge in [0, 0.05) is 18.9 Å². The Hall–Kier alpha value is -1.75. The number of aromatic nitrogens is 4. The lowest BCUT2D eigenvalue weighted by atomic mass is 10.1. The van der Waals surface area contributed by atoms with Crippen molar-refractivity contribution in [2.45, 2.75) is 13.0 Å². The van der Waals surface area contributed by atoms with Gasteiger partial charge in [-0.1, -0.05) is 11.3 Å². The molecule has 0 saturated carbocycles. The first-order valence-corrected chi connectivity index (χ1v) is 4.71. The van der Waals surface area contributed by atoms with E-state index in [1.807, 2.05) is 26.1 Å². The zero-order valence-corrected chi connectivity index (χ0v) is 8.75. The molecular weight excluding hydrogens is 190 g/mol. The van der Waals surface area contributed by atoms with Crippen LogP contribution >= 0.6 is 0 Å². The molecule has 2 aromatic rings. The normalized spacial score (nSPS) is 12.7. The van der Waals surface area contributed by atoms with Gasteiger partial charge in [-0.2, -0.15) is 0 Å². The number of nitrogens with two attached hydrogens (primary N) is 1. The molecular formula is C10H13N5. The minimum Gasteiger partial charge on any atom is -0.319 e. The lowest BCUT2D eigenvalue weighted by Gasteiger charge is -2.10. The highest BCUT2D eigenvalue weighted by Crippen LogP contribution is 2.16. The molecule has 0 spiro atoms. The quantitative estimate of drug-likeness (QED) is 0.774. The summed E-state index contributed by atoms with van der Waals surface area (Å²) in [6.07, 6.45) is 3.46. The Morgan fingerprint density at radius 2 is 2.13 bits per heavy atom. The fraction of sp³-hybridized carbons (Fsp3) is 0.300. The summed E-state index contributed by atoms with van der Waals surface area (Å²) in [6, 6.07) is 3.69. The molecule has 0 radical (unpaired) electrons. The van der Waals surface area contributed by atoms with Gasteiger partial charge >= 0.3 is 0 Å². The summed E-state index contributed by atoms with van der Waals surface area (Å²) >= 11 is 0. The molecule has 78 valence electrons. The zero-order valence-electron chi connectivity index (χ0n) is 8.75. The minimum atomic E-state index is -0.224. The number of hydrogen-bond acceptors (Lipinski definition) is 4. The molecule has 2 N–H and O–H groups in total. The van der Waals surface area contributed by atoms with Crippen LogP contribution in [0.5, 0.6) is 0 Å². The summed E-state index contributed by atoms with van der Waals surface area (Å²) < 4.78 is 1.67. The van der Waals surface area contributed by atoms with Crippen molar-refractivity contribution in [3.8, 4) is 0 Å². The summed E-state index contributed by atoms with van der Waals surface area (Å²) in [7, 11) is 1.82. The molecule has 0 aliphatic carbocycles. The predicted octanol–water partition coefficient (Wildman–Crippen LogP) is 0.567. The van der Waals surface area contributed by atoms with Crippen LogP contribution in [0, 0.1) is 6.92 Å². The lowest BCUT2D eigenvalue weighted by molar-refractivity contribution is 0.650. The van der Waals surface area contributed by atoms with E-state index in [0.29, 0.717) is 0 Å². The fourth-order valence-electron chi connectivity index (χ4n) is 1.41. The van der Waals surface area contributed by atoms with Crippen LogP contribution in [0.15, 0.2) is 24.5 Å². The topological polar surface area (TPSA) is 69.6 Å². The van der Waals surface area contributed by atoms with Crippen molar-refractivity contribution >= 4 is 0 Å². The van der Waals surface area contributed by atoms with Gasteiger partial charge in [-0.25, -0.2) is 0 Å². The summed E-state index contributed by atoms with van der Waals surface area (Å²) in [5.41, 5.74) is 8.89. The molecule has 5 nitrogen and oxygen atoms in total. The van der Waals surface area contributed by atoms with Gasteiger partial charge in [-0.15, -0.1) is 5.10 Å². The highest BCUT2D eigenvalue weighted by Gasteiger charge is 2.13. The van der Waals surface area contributed by atoms with Crippen LogP contribution in [-0.4, -0.2) is 20.0 Å². The maximum atomic E-state index is 6.07. The number of aryl methyl sites for hydroxylation is 2. The standard InChI is InChI=1S/C10H13N5/c1-7-3-4-8(5-12-7)10(11)9-6-13-14-15(9)2/h3-6,10H,11H2,1-2H3. The van der Waals surface area contributed by atoms with Crippen molar-refractivity contribution in [2.24, 2.45) is 12.8 Å². The first kappa shape index (κ1) is 9.79. The van der Waals surface area contributed by atoms with Crippen LogP contribution in [0.3, 0.4) is 0 Å². The van der Waals surface area contributed by atoms with Crippen LogP contribution in [-0.2, 0) is 7.05 Å². The summed E-state index contributed by atoms with van der Waals surface area (Å²) in [5, 5.41) is 7.65. The van der Waals surface area contributed by atoms with Crippen molar-refractivity contribution in [2.75, 3.05) is 0 Å². The molecule has 1 atom stereocenters. The van der Waals surface area contributed by atoms with Crippen molar-refractivity contribution in [1.29, 1.82) is 0 Å². The van der Waals surface area contributed by atoms with Crippen LogP contribution in [0.2, 0.25) is 0 Å². The fourth-order valence-corrected chi connectivity index (χ4v) is 1.41. The van der Waals surface area contributed by atoms with Crippen LogP contribution in [0.1, 0.15) is 23.0 Å². The Balaban J connectivity index is 2.32. The molecule has 0 saturated heterocycles. The monoisotopic (exact) mass is 203 g/mol. The third-order valence-electron chi connectivity index (χ3n) is 2.36. The summed E-state index contributed by atoms with van der Waals surface area (Å²) in [4.78, 5) is 4.21. The zero-order chi connectivity index (χ0) is 10.8. The predicted molar refractivity (Wildman–Crippen MR) is 56.0 cm³/mol. The summed E-state index contributed by atoms with van der Waals surface area (Å²) in [5.74, 6) is 0. The molecule has 1 unspecified atom stereocenters. The van der Waals surface area contributed by atoms with Crippen molar-refractivity contribution < 1.29 is 0 Å². The van der Waals surface area contributed by atoms with Gasteiger partial charge in [0.05, 0.1) is 17.9 Å². The van der Waals surface area contributed by atoms with Gasteiger partial charge in [-0.05, 0) is 18.6 Å². The van der Waals surface area contributed by atoms with E-state index in [1.165, 1.54) is 0 Å². The second-order valence-corrected chi connectivity index (χ2v) is 3.49. The Morgan fingerprint density at radius 3 is 2.67 bits per heavy atom. The first-order chi connectivity index (χ1) is 7.18. The van der Waals surface area contributed by atoms with E-state index in [4.69, 9.17) is 5.73 Å². The molecule has 2 aromatic heterocycles.